The summed E-state index contributed by atoms with van der Waals surface area (Å²) in [4.78, 5) is 9.46. The van der Waals surface area contributed by atoms with Crippen LogP contribution < -0.4 is 10.5 Å². The van der Waals surface area contributed by atoms with Crippen molar-refractivity contribution in [3.05, 3.63) is 29.4 Å². The predicted molar refractivity (Wildman–Crippen MR) is 59.8 cm³/mol. The van der Waals surface area contributed by atoms with Crippen molar-refractivity contribution < 1.29 is 4.74 Å². The van der Waals surface area contributed by atoms with Gasteiger partial charge in [-0.3, -0.25) is 0 Å². The molecule has 15 heavy (non-hydrogen) atoms. The third-order valence-corrected chi connectivity index (χ3v) is 3.02. The molecule has 2 aromatic heterocycles. The standard InChI is InChI=1S/C10H11N3OS/c1-14-9-3-2-7(5-12-9)10-13-6-8(4-11)15-10/h2-3,5-6H,4,11H2,1H3. The minimum atomic E-state index is 0.529. The normalized spacial score (nSPS) is 10.3. The van der Waals surface area contributed by atoms with Crippen LogP contribution in [-0.4, -0.2) is 17.1 Å². The van der Waals surface area contributed by atoms with Gasteiger partial charge >= 0.3 is 0 Å². The summed E-state index contributed by atoms with van der Waals surface area (Å²) in [5.74, 6) is 0.606. The molecular weight excluding hydrogens is 210 g/mol. The van der Waals surface area contributed by atoms with Crippen molar-refractivity contribution in [2.75, 3.05) is 7.11 Å². The highest BCUT2D eigenvalue weighted by molar-refractivity contribution is 7.15. The highest BCUT2D eigenvalue weighted by Gasteiger charge is 2.04. The number of nitrogens with zero attached hydrogens (tertiary/aromatic N) is 2. The number of pyridine rings is 1. The van der Waals surface area contributed by atoms with Crippen molar-refractivity contribution in [1.82, 2.24) is 9.97 Å². The first kappa shape index (κ1) is 10.1. The quantitative estimate of drug-likeness (QED) is 0.856. The maximum atomic E-state index is 5.52. The molecule has 5 heteroatoms. The summed E-state index contributed by atoms with van der Waals surface area (Å²) in [6, 6.07) is 3.75. The fourth-order valence-corrected chi connectivity index (χ4v) is 1.94. The van der Waals surface area contributed by atoms with Gasteiger partial charge in [-0.1, -0.05) is 0 Å². The van der Waals surface area contributed by atoms with Crippen LogP contribution in [0.5, 0.6) is 5.88 Å². The average Bonchev–Trinajstić information content (AvgIpc) is 2.78. The molecule has 0 atom stereocenters. The lowest BCUT2D eigenvalue weighted by molar-refractivity contribution is 0.398. The fraction of sp³-hybridized carbons (Fsp3) is 0.200. The van der Waals surface area contributed by atoms with Gasteiger partial charge in [0.05, 0.1) is 7.11 Å². The lowest BCUT2D eigenvalue weighted by Crippen LogP contribution is -1.91. The summed E-state index contributed by atoms with van der Waals surface area (Å²) in [5.41, 5.74) is 6.51. The highest BCUT2D eigenvalue weighted by Crippen LogP contribution is 2.25. The number of hydrogen-bond donors (Lipinski definition) is 1. The molecule has 0 amide bonds. The molecule has 0 radical (unpaired) electrons. The Morgan fingerprint density at radius 3 is 2.73 bits per heavy atom. The van der Waals surface area contributed by atoms with E-state index in [0.29, 0.717) is 12.4 Å². The molecule has 0 spiro atoms. The van der Waals surface area contributed by atoms with Crippen molar-refractivity contribution in [3.8, 4) is 16.5 Å². The summed E-state index contributed by atoms with van der Waals surface area (Å²) in [5, 5.41) is 0.936. The van der Waals surface area contributed by atoms with E-state index in [1.807, 2.05) is 12.1 Å². The summed E-state index contributed by atoms with van der Waals surface area (Å²) in [6.45, 7) is 0.529. The Bertz CT molecular complexity index is 438. The van der Waals surface area contributed by atoms with Crippen molar-refractivity contribution in [1.29, 1.82) is 0 Å². The van der Waals surface area contributed by atoms with Gasteiger partial charge in [0.15, 0.2) is 0 Å². The van der Waals surface area contributed by atoms with Gasteiger partial charge in [-0.15, -0.1) is 11.3 Å². The van der Waals surface area contributed by atoms with Crippen LogP contribution in [0.3, 0.4) is 0 Å². The molecule has 0 unspecified atom stereocenters. The van der Waals surface area contributed by atoms with Crippen LogP contribution in [0.1, 0.15) is 4.88 Å². The number of thiazole rings is 1. The van der Waals surface area contributed by atoms with Crippen LogP contribution in [-0.2, 0) is 6.54 Å². The van der Waals surface area contributed by atoms with Crippen molar-refractivity contribution in [2.45, 2.75) is 6.54 Å². The van der Waals surface area contributed by atoms with Gasteiger partial charge in [-0.2, -0.15) is 0 Å². The lowest BCUT2D eigenvalue weighted by atomic mass is 10.3. The van der Waals surface area contributed by atoms with Gasteiger partial charge in [0.1, 0.15) is 5.01 Å². The second-order valence-corrected chi connectivity index (χ2v) is 4.04. The van der Waals surface area contributed by atoms with Gasteiger partial charge in [-0.05, 0) is 6.07 Å². The van der Waals surface area contributed by atoms with E-state index in [-0.39, 0.29) is 0 Å². The third-order valence-electron chi connectivity index (χ3n) is 1.95. The van der Waals surface area contributed by atoms with E-state index in [2.05, 4.69) is 9.97 Å². The molecule has 78 valence electrons. The SMILES string of the molecule is COc1ccc(-c2ncc(CN)s2)cn1. The highest BCUT2D eigenvalue weighted by atomic mass is 32.1. The topological polar surface area (TPSA) is 61.0 Å². The Labute approximate surface area is 91.8 Å². The zero-order chi connectivity index (χ0) is 10.7. The molecule has 2 N–H and O–H groups in total. The minimum Gasteiger partial charge on any atom is -0.481 e. The number of ether oxygens (including phenoxy) is 1. The van der Waals surface area contributed by atoms with Crippen LogP contribution in [0.15, 0.2) is 24.5 Å². The van der Waals surface area contributed by atoms with Crippen LogP contribution >= 0.6 is 11.3 Å². The zero-order valence-corrected chi connectivity index (χ0v) is 9.12. The van der Waals surface area contributed by atoms with E-state index in [1.165, 1.54) is 0 Å². The molecule has 0 aliphatic rings. The monoisotopic (exact) mass is 221 g/mol. The van der Waals surface area contributed by atoms with E-state index in [9.17, 15) is 0 Å². The number of nitrogens with two attached hydrogens (primary N) is 1. The lowest BCUT2D eigenvalue weighted by Gasteiger charge is -1.98. The Kier molecular flexibility index (Phi) is 2.94. The summed E-state index contributed by atoms with van der Waals surface area (Å²) < 4.78 is 4.98. The maximum absolute atomic E-state index is 5.52. The molecule has 0 aromatic carbocycles. The third kappa shape index (κ3) is 2.14. The molecule has 4 nitrogen and oxygen atoms in total. The molecular formula is C10H11N3OS. The second-order valence-electron chi connectivity index (χ2n) is 2.93. The van der Waals surface area contributed by atoms with Gasteiger partial charge in [0.25, 0.3) is 0 Å². The Morgan fingerprint density at radius 1 is 1.33 bits per heavy atom. The number of hydrogen-bond acceptors (Lipinski definition) is 5. The van der Waals surface area contributed by atoms with Crippen LogP contribution in [0, 0.1) is 0 Å². The molecule has 0 aliphatic heterocycles. The van der Waals surface area contributed by atoms with E-state index in [0.717, 1.165) is 15.4 Å². The molecule has 0 fully saturated rings. The van der Waals surface area contributed by atoms with Gasteiger partial charge in [-0.25, -0.2) is 9.97 Å². The molecule has 2 heterocycles. The Balaban J connectivity index is 2.28. The first-order valence-corrected chi connectivity index (χ1v) is 5.30. The van der Waals surface area contributed by atoms with Crippen molar-refractivity contribution >= 4 is 11.3 Å². The first-order valence-electron chi connectivity index (χ1n) is 4.48. The predicted octanol–water partition coefficient (Wildman–Crippen LogP) is 1.67. The van der Waals surface area contributed by atoms with Crippen molar-refractivity contribution in [3.63, 3.8) is 0 Å². The van der Waals surface area contributed by atoms with Gasteiger partial charge in [0, 0.05) is 35.4 Å². The molecule has 0 saturated carbocycles. The van der Waals surface area contributed by atoms with E-state index < -0.39 is 0 Å². The molecule has 2 rings (SSSR count). The molecule has 0 saturated heterocycles. The Morgan fingerprint density at radius 2 is 2.20 bits per heavy atom. The smallest absolute Gasteiger partial charge is 0.212 e. The zero-order valence-electron chi connectivity index (χ0n) is 8.30. The summed E-state index contributed by atoms with van der Waals surface area (Å²) in [6.07, 6.45) is 3.54. The van der Waals surface area contributed by atoms with E-state index in [4.69, 9.17) is 10.5 Å². The maximum Gasteiger partial charge on any atom is 0.212 e. The molecule has 2 aromatic rings. The van der Waals surface area contributed by atoms with Gasteiger partial charge in [0.2, 0.25) is 5.88 Å². The summed E-state index contributed by atoms with van der Waals surface area (Å²) >= 11 is 1.58. The van der Waals surface area contributed by atoms with Gasteiger partial charge < -0.3 is 10.5 Å². The largest absolute Gasteiger partial charge is 0.481 e. The molecule has 0 bridgehead atoms. The minimum absolute atomic E-state index is 0.529. The number of methoxy groups -OCH3 is 1. The van der Waals surface area contributed by atoms with Crippen molar-refractivity contribution in [2.24, 2.45) is 5.73 Å². The molecule has 0 aliphatic carbocycles. The number of rotatable bonds is 3. The van der Waals surface area contributed by atoms with E-state index in [1.54, 1.807) is 30.8 Å². The second kappa shape index (κ2) is 4.37. The fourth-order valence-electron chi connectivity index (χ4n) is 1.16. The van der Waals surface area contributed by atoms with Crippen LogP contribution in [0.25, 0.3) is 10.6 Å². The van der Waals surface area contributed by atoms with Crippen LogP contribution in [0.2, 0.25) is 0 Å². The average molecular weight is 221 g/mol. The van der Waals surface area contributed by atoms with E-state index >= 15 is 0 Å². The van der Waals surface area contributed by atoms with Crippen LogP contribution in [0.4, 0.5) is 0 Å². The Hall–Kier alpha value is -1.46. The summed E-state index contributed by atoms with van der Waals surface area (Å²) in [7, 11) is 1.60. The first-order chi connectivity index (χ1) is 7.33. The number of aromatic nitrogens is 2.